The average molecular weight is 342 g/mol. The zero-order chi connectivity index (χ0) is 17.9. The molecule has 1 aromatic rings. The molecule has 1 fully saturated rings. The lowest BCUT2D eigenvalue weighted by Gasteiger charge is -2.42. The quantitative estimate of drug-likeness (QED) is 0.389. The summed E-state index contributed by atoms with van der Waals surface area (Å²) in [5.74, 6) is -0.422. The molecule has 1 aliphatic rings. The maximum absolute atomic E-state index is 11.3. The molecule has 1 aliphatic heterocycles. The predicted molar refractivity (Wildman–Crippen MR) is 79.1 cm³/mol. The van der Waals surface area contributed by atoms with Gasteiger partial charge in [-0.15, -0.1) is 0 Å². The number of rotatable bonds is 5. The Morgan fingerprint density at radius 3 is 2.71 bits per heavy atom. The van der Waals surface area contributed by atoms with Gasteiger partial charge >= 0.3 is 0 Å². The molecule has 0 saturated carbocycles. The Morgan fingerprint density at radius 1 is 1.42 bits per heavy atom. The number of hydrogen-bond acceptors (Lipinski definition) is 8. The van der Waals surface area contributed by atoms with Crippen LogP contribution < -0.4 is 10.1 Å². The third kappa shape index (κ3) is 3.97. The molecule has 0 aliphatic carbocycles. The van der Waals surface area contributed by atoms with Gasteiger partial charge in [0.05, 0.1) is 17.6 Å². The van der Waals surface area contributed by atoms with Gasteiger partial charge in [0, 0.05) is 13.0 Å². The lowest BCUT2D eigenvalue weighted by atomic mass is 9.97. The van der Waals surface area contributed by atoms with Crippen LogP contribution in [0.5, 0.6) is 5.75 Å². The predicted octanol–water partition coefficient (Wildman–Crippen LogP) is -1.08. The zero-order valence-electron chi connectivity index (χ0n) is 12.7. The Labute approximate surface area is 136 Å². The molecule has 10 heteroatoms. The van der Waals surface area contributed by atoms with Crippen LogP contribution in [-0.4, -0.2) is 63.4 Å². The molecule has 0 spiro atoms. The number of amides is 1. The van der Waals surface area contributed by atoms with E-state index in [1.165, 1.54) is 25.1 Å². The normalized spacial score (nSPS) is 29.8. The van der Waals surface area contributed by atoms with E-state index in [-0.39, 0.29) is 11.4 Å². The van der Waals surface area contributed by atoms with Gasteiger partial charge in [0.1, 0.15) is 30.1 Å². The van der Waals surface area contributed by atoms with Crippen LogP contribution >= 0.6 is 0 Å². The highest BCUT2D eigenvalue weighted by Gasteiger charge is 2.46. The molecule has 0 radical (unpaired) electrons. The standard InChI is InChI=1S/C14H18N2O8/c1-7(18)15-11-13(20)12(19)10(6-17)24-14(11)23-9-4-2-3-8(5-9)16(21)22/h2-5,10-14,17,19-20H,6H2,1H3,(H,15,18)/t10-,11-,12-,13-,14-/m0/s1. The number of nitro groups is 1. The van der Waals surface area contributed by atoms with Crippen LogP contribution in [-0.2, 0) is 9.53 Å². The summed E-state index contributed by atoms with van der Waals surface area (Å²) in [5.41, 5.74) is -0.210. The summed E-state index contributed by atoms with van der Waals surface area (Å²) in [6.45, 7) is 0.626. The fourth-order valence-corrected chi connectivity index (χ4v) is 2.38. The number of nitrogens with one attached hydrogen (secondary N) is 1. The molecular formula is C14H18N2O8. The number of non-ortho nitro benzene ring substituents is 1. The molecule has 1 heterocycles. The van der Waals surface area contributed by atoms with E-state index in [2.05, 4.69) is 5.32 Å². The summed E-state index contributed by atoms with van der Waals surface area (Å²) >= 11 is 0. The summed E-state index contributed by atoms with van der Waals surface area (Å²) in [6, 6.07) is 4.14. The molecule has 24 heavy (non-hydrogen) atoms. The molecule has 0 aromatic heterocycles. The van der Waals surface area contributed by atoms with Crippen LogP contribution in [0.4, 0.5) is 5.69 Å². The van der Waals surface area contributed by atoms with Gasteiger partial charge in [-0.3, -0.25) is 14.9 Å². The van der Waals surface area contributed by atoms with Gasteiger partial charge in [0.25, 0.3) is 5.69 Å². The molecule has 5 atom stereocenters. The van der Waals surface area contributed by atoms with E-state index in [0.717, 1.165) is 6.07 Å². The van der Waals surface area contributed by atoms with Gasteiger partial charge in [-0.25, -0.2) is 0 Å². The van der Waals surface area contributed by atoms with Gasteiger partial charge in [-0.1, -0.05) is 6.07 Å². The Bertz CT molecular complexity index is 610. The van der Waals surface area contributed by atoms with E-state index >= 15 is 0 Å². The number of nitro benzene ring substituents is 1. The zero-order valence-corrected chi connectivity index (χ0v) is 12.7. The first kappa shape index (κ1) is 18.1. The number of benzene rings is 1. The molecule has 1 saturated heterocycles. The molecule has 10 nitrogen and oxygen atoms in total. The Hall–Kier alpha value is -2.27. The van der Waals surface area contributed by atoms with Crippen LogP contribution in [0.2, 0.25) is 0 Å². The summed E-state index contributed by atoms with van der Waals surface area (Å²) < 4.78 is 10.9. The van der Waals surface area contributed by atoms with Crippen molar-refractivity contribution in [3.05, 3.63) is 34.4 Å². The Morgan fingerprint density at radius 2 is 2.12 bits per heavy atom. The molecular weight excluding hydrogens is 324 g/mol. The van der Waals surface area contributed by atoms with Crippen molar-refractivity contribution < 1.29 is 34.5 Å². The van der Waals surface area contributed by atoms with E-state index < -0.39 is 48.1 Å². The maximum Gasteiger partial charge on any atom is 0.273 e. The highest BCUT2D eigenvalue weighted by molar-refractivity contribution is 5.73. The number of carbonyl (C=O) groups excluding carboxylic acids is 1. The van der Waals surface area contributed by atoms with Gasteiger partial charge in [0.15, 0.2) is 0 Å². The van der Waals surface area contributed by atoms with Crippen molar-refractivity contribution in [3.63, 3.8) is 0 Å². The van der Waals surface area contributed by atoms with E-state index in [1.54, 1.807) is 0 Å². The molecule has 0 bridgehead atoms. The fraction of sp³-hybridized carbons (Fsp3) is 0.500. The van der Waals surface area contributed by atoms with E-state index in [1.807, 2.05) is 0 Å². The highest BCUT2D eigenvalue weighted by Crippen LogP contribution is 2.26. The van der Waals surface area contributed by atoms with Crippen LogP contribution in [0.25, 0.3) is 0 Å². The first-order valence-electron chi connectivity index (χ1n) is 7.14. The summed E-state index contributed by atoms with van der Waals surface area (Å²) in [4.78, 5) is 21.5. The number of nitrogens with zero attached hydrogens (tertiary/aromatic N) is 1. The number of hydrogen-bond donors (Lipinski definition) is 4. The third-order valence-electron chi connectivity index (χ3n) is 3.53. The monoisotopic (exact) mass is 342 g/mol. The SMILES string of the molecule is CC(=O)N[C@@H]1[C@@H](Oc2cccc([N+](=O)[O-])c2)O[C@@H](CO)[C@H](O)[C@H]1O. The van der Waals surface area contributed by atoms with Gasteiger partial charge in [0.2, 0.25) is 12.2 Å². The van der Waals surface area contributed by atoms with Crippen LogP contribution in [0, 0.1) is 10.1 Å². The first-order valence-corrected chi connectivity index (χ1v) is 7.14. The van der Waals surface area contributed by atoms with Crippen LogP contribution in [0.15, 0.2) is 24.3 Å². The Kier molecular flexibility index (Phi) is 5.67. The number of aliphatic hydroxyl groups excluding tert-OH is 3. The fourth-order valence-electron chi connectivity index (χ4n) is 2.38. The van der Waals surface area contributed by atoms with Crippen molar-refractivity contribution >= 4 is 11.6 Å². The van der Waals surface area contributed by atoms with Gasteiger partial charge in [-0.05, 0) is 6.07 Å². The molecule has 1 amide bonds. The third-order valence-corrected chi connectivity index (χ3v) is 3.53. The van der Waals surface area contributed by atoms with E-state index in [4.69, 9.17) is 9.47 Å². The second-order valence-electron chi connectivity index (χ2n) is 5.31. The first-order chi connectivity index (χ1) is 11.3. The Balaban J connectivity index is 2.24. The average Bonchev–Trinajstić information content (AvgIpc) is 2.54. The molecule has 1 aromatic carbocycles. The van der Waals surface area contributed by atoms with Crippen LogP contribution in [0.3, 0.4) is 0 Å². The largest absolute Gasteiger partial charge is 0.462 e. The van der Waals surface area contributed by atoms with Crippen molar-refractivity contribution in [2.45, 2.75) is 37.6 Å². The van der Waals surface area contributed by atoms with Gasteiger partial charge < -0.3 is 30.1 Å². The number of aliphatic hydroxyl groups is 3. The smallest absolute Gasteiger partial charge is 0.273 e. The topological polar surface area (TPSA) is 151 Å². The van der Waals surface area contributed by atoms with E-state index in [0.29, 0.717) is 0 Å². The van der Waals surface area contributed by atoms with E-state index in [9.17, 15) is 30.2 Å². The lowest BCUT2D eigenvalue weighted by molar-refractivity contribution is -0.385. The summed E-state index contributed by atoms with van der Waals surface area (Å²) in [7, 11) is 0. The minimum absolute atomic E-state index is 0.0739. The van der Waals surface area contributed by atoms with Gasteiger partial charge in [-0.2, -0.15) is 0 Å². The number of ether oxygens (including phenoxy) is 2. The maximum atomic E-state index is 11.3. The summed E-state index contributed by atoms with van der Waals surface area (Å²) in [5, 5.41) is 42.4. The van der Waals surface area contributed by atoms with Crippen molar-refractivity contribution in [3.8, 4) is 5.75 Å². The van der Waals surface area contributed by atoms with Crippen molar-refractivity contribution in [1.82, 2.24) is 5.32 Å². The lowest BCUT2D eigenvalue weighted by Crippen LogP contribution is -2.65. The minimum atomic E-state index is -1.46. The molecule has 4 N–H and O–H groups in total. The summed E-state index contributed by atoms with van der Waals surface area (Å²) in [6.07, 6.45) is -5.28. The second kappa shape index (κ2) is 7.53. The van der Waals surface area contributed by atoms with Crippen molar-refractivity contribution in [2.24, 2.45) is 0 Å². The number of carbonyl (C=O) groups is 1. The minimum Gasteiger partial charge on any atom is -0.462 e. The van der Waals surface area contributed by atoms with Crippen LogP contribution in [0.1, 0.15) is 6.92 Å². The molecule has 132 valence electrons. The highest BCUT2D eigenvalue weighted by atomic mass is 16.7. The van der Waals surface area contributed by atoms with Crippen molar-refractivity contribution in [2.75, 3.05) is 6.61 Å². The molecule has 0 unspecified atom stereocenters. The van der Waals surface area contributed by atoms with Crippen molar-refractivity contribution in [1.29, 1.82) is 0 Å². The second-order valence-corrected chi connectivity index (χ2v) is 5.31. The molecule has 2 rings (SSSR count).